The van der Waals surface area contributed by atoms with E-state index < -0.39 is 5.97 Å². The minimum absolute atomic E-state index is 0.0834. The molecule has 92 valence electrons. The molecule has 0 aliphatic carbocycles. The van der Waals surface area contributed by atoms with E-state index in [4.69, 9.17) is 9.84 Å². The normalized spacial score (nSPS) is 23.8. The highest BCUT2D eigenvalue weighted by atomic mass is 16.5. The lowest BCUT2D eigenvalue weighted by Gasteiger charge is -2.15. The lowest BCUT2D eigenvalue weighted by atomic mass is 10.1. The minimum Gasteiger partial charge on any atom is -0.477 e. The summed E-state index contributed by atoms with van der Waals surface area (Å²) in [6.07, 6.45) is 1.19. The zero-order valence-electron chi connectivity index (χ0n) is 9.72. The second-order valence-corrected chi connectivity index (χ2v) is 4.17. The van der Waals surface area contributed by atoms with Gasteiger partial charge < -0.3 is 15.2 Å². The van der Waals surface area contributed by atoms with Crippen molar-refractivity contribution in [2.24, 2.45) is 0 Å². The third-order valence-corrected chi connectivity index (χ3v) is 2.95. The van der Waals surface area contributed by atoms with Gasteiger partial charge in [-0.15, -0.1) is 0 Å². The number of pyridine rings is 1. The summed E-state index contributed by atoms with van der Waals surface area (Å²) in [7, 11) is 0. The molecule has 2 rings (SSSR count). The summed E-state index contributed by atoms with van der Waals surface area (Å²) in [5, 5.41) is 12.2. The van der Waals surface area contributed by atoms with Crippen LogP contribution in [0.5, 0.6) is 0 Å². The van der Waals surface area contributed by atoms with E-state index >= 15 is 0 Å². The van der Waals surface area contributed by atoms with Crippen molar-refractivity contribution in [1.29, 1.82) is 0 Å². The predicted molar refractivity (Wildman–Crippen MR) is 61.9 cm³/mol. The largest absolute Gasteiger partial charge is 0.477 e. The Labute approximate surface area is 99.8 Å². The van der Waals surface area contributed by atoms with Crippen molar-refractivity contribution in [2.45, 2.75) is 32.0 Å². The molecule has 1 saturated heterocycles. The molecule has 0 aromatic carbocycles. The molecule has 0 bridgehead atoms. The van der Waals surface area contributed by atoms with Gasteiger partial charge in [0.1, 0.15) is 5.69 Å². The highest BCUT2D eigenvalue weighted by Crippen LogP contribution is 2.13. The van der Waals surface area contributed by atoms with Crippen molar-refractivity contribution in [2.75, 3.05) is 6.61 Å². The maximum atomic E-state index is 10.8. The van der Waals surface area contributed by atoms with Crippen molar-refractivity contribution in [1.82, 2.24) is 10.3 Å². The van der Waals surface area contributed by atoms with Crippen LogP contribution in [-0.4, -0.2) is 34.8 Å². The van der Waals surface area contributed by atoms with Gasteiger partial charge >= 0.3 is 5.97 Å². The average molecular weight is 236 g/mol. The van der Waals surface area contributed by atoms with E-state index in [0.29, 0.717) is 12.6 Å². The number of hydrogen-bond acceptors (Lipinski definition) is 4. The maximum absolute atomic E-state index is 10.8. The Balaban J connectivity index is 1.94. The van der Waals surface area contributed by atoms with E-state index in [2.05, 4.69) is 10.3 Å². The van der Waals surface area contributed by atoms with E-state index in [9.17, 15) is 4.79 Å². The predicted octanol–water partition coefficient (Wildman–Crippen LogP) is 1.05. The number of carboxylic acid groups (broad SMARTS) is 1. The number of rotatable bonds is 4. The Kier molecular flexibility index (Phi) is 3.71. The second-order valence-electron chi connectivity index (χ2n) is 4.17. The molecule has 0 saturated carbocycles. The topological polar surface area (TPSA) is 71.5 Å². The molecule has 5 nitrogen and oxygen atoms in total. The molecule has 0 spiro atoms. The quantitative estimate of drug-likeness (QED) is 0.817. The Morgan fingerprint density at radius 1 is 1.65 bits per heavy atom. The molecule has 1 aliphatic heterocycles. The highest BCUT2D eigenvalue weighted by molar-refractivity contribution is 5.85. The lowest BCUT2D eigenvalue weighted by Crippen LogP contribution is -2.34. The number of nitrogens with one attached hydrogen (secondary N) is 1. The van der Waals surface area contributed by atoms with Crippen molar-refractivity contribution in [3.05, 3.63) is 29.6 Å². The summed E-state index contributed by atoms with van der Waals surface area (Å²) in [6, 6.07) is 5.35. The lowest BCUT2D eigenvalue weighted by molar-refractivity contribution is 0.0690. The fourth-order valence-corrected chi connectivity index (χ4v) is 1.93. The number of ether oxygens (including phenoxy) is 1. The molecule has 0 radical (unpaired) electrons. The van der Waals surface area contributed by atoms with Gasteiger partial charge in [-0.25, -0.2) is 9.78 Å². The molecule has 2 N–H and O–H groups in total. The molecule has 1 aromatic rings. The van der Waals surface area contributed by atoms with Gasteiger partial charge in [0.15, 0.2) is 0 Å². The molecule has 17 heavy (non-hydrogen) atoms. The van der Waals surface area contributed by atoms with Crippen LogP contribution >= 0.6 is 0 Å². The SMILES string of the molecule is CC1OCCC1NCc1cccc(C(=O)O)n1. The standard InChI is InChI=1S/C12H16N2O3/c1-8-10(5-6-17-8)13-7-9-3-2-4-11(14-9)12(15)16/h2-4,8,10,13H,5-7H2,1H3,(H,15,16). The summed E-state index contributed by atoms with van der Waals surface area (Å²) >= 11 is 0. The third-order valence-electron chi connectivity index (χ3n) is 2.95. The number of hydrogen-bond donors (Lipinski definition) is 2. The first-order valence-electron chi connectivity index (χ1n) is 5.71. The van der Waals surface area contributed by atoms with Crippen LogP contribution in [0.2, 0.25) is 0 Å². The first-order valence-corrected chi connectivity index (χ1v) is 5.71. The Bertz CT molecular complexity index is 408. The molecule has 2 unspecified atom stereocenters. The second kappa shape index (κ2) is 5.25. The summed E-state index contributed by atoms with van der Waals surface area (Å²) in [5.74, 6) is -0.996. The summed E-state index contributed by atoms with van der Waals surface area (Å²) < 4.78 is 5.44. The van der Waals surface area contributed by atoms with Crippen molar-refractivity contribution in [3.63, 3.8) is 0 Å². The Morgan fingerprint density at radius 3 is 3.12 bits per heavy atom. The summed E-state index contributed by atoms with van der Waals surface area (Å²) in [6.45, 7) is 3.38. The Morgan fingerprint density at radius 2 is 2.47 bits per heavy atom. The zero-order chi connectivity index (χ0) is 12.3. The monoisotopic (exact) mass is 236 g/mol. The number of carbonyl (C=O) groups is 1. The van der Waals surface area contributed by atoms with Crippen LogP contribution in [0, 0.1) is 0 Å². The average Bonchev–Trinajstić information content (AvgIpc) is 2.72. The molecule has 5 heteroatoms. The van der Waals surface area contributed by atoms with E-state index in [-0.39, 0.29) is 11.8 Å². The van der Waals surface area contributed by atoms with Gasteiger partial charge in [-0.3, -0.25) is 0 Å². The van der Waals surface area contributed by atoms with Crippen LogP contribution in [0.25, 0.3) is 0 Å². The van der Waals surface area contributed by atoms with E-state index in [1.807, 2.05) is 13.0 Å². The van der Waals surface area contributed by atoms with Crippen LogP contribution in [0.4, 0.5) is 0 Å². The molecule has 2 atom stereocenters. The number of nitrogens with zero attached hydrogens (tertiary/aromatic N) is 1. The smallest absolute Gasteiger partial charge is 0.354 e. The van der Waals surface area contributed by atoms with Crippen molar-refractivity contribution in [3.8, 4) is 0 Å². The van der Waals surface area contributed by atoms with Gasteiger partial charge in [-0.2, -0.15) is 0 Å². The third kappa shape index (κ3) is 3.01. The molecule has 2 heterocycles. The summed E-state index contributed by atoms with van der Waals surface area (Å²) in [5.41, 5.74) is 0.823. The molecule has 0 amide bonds. The van der Waals surface area contributed by atoms with E-state index in [1.165, 1.54) is 6.07 Å². The first-order chi connectivity index (χ1) is 8.16. The number of aromatic carboxylic acids is 1. The number of carboxylic acids is 1. The van der Waals surface area contributed by atoms with E-state index in [1.54, 1.807) is 6.07 Å². The van der Waals surface area contributed by atoms with Gasteiger partial charge in [0.25, 0.3) is 0 Å². The molecule has 1 aromatic heterocycles. The van der Waals surface area contributed by atoms with Crippen molar-refractivity contribution < 1.29 is 14.6 Å². The minimum atomic E-state index is -0.996. The first kappa shape index (κ1) is 12.0. The molecule has 1 fully saturated rings. The molecular formula is C12H16N2O3. The number of aromatic nitrogens is 1. The van der Waals surface area contributed by atoms with Crippen LogP contribution in [0.3, 0.4) is 0 Å². The van der Waals surface area contributed by atoms with Gasteiger partial charge in [0.2, 0.25) is 0 Å². The maximum Gasteiger partial charge on any atom is 0.354 e. The molecular weight excluding hydrogens is 220 g/mol. The Hall–Kier alpha value is -1.46. The van der Waals surface area contributed by atoms with Gasteiger partial charge in [0.05, 0.1) is 11.8 Å². The van der Waals surface area contributed by atoms with Crippen LogP contribution in [-0.2, 0) is 11.3 Å². The molecule has 1 aliphatic rings. The fraction of sp³-hybridized carbons (Fsp3) is 0.500. The van der Waals surface area contributed by atoms with Crippen LogP contribution < -0.4 is 5.32 Å². The van der Waals surface area contributed by atoms with Crippen molar-refractivity contribution >= 4 is 5.97 Å². The van der Waals surface area contributed by atoms with Crippen LogP contribution in [0.1, 0.15) is 29.5 Å². The zero-order valence-corrected chi connectivity index (χ0v) is 9.72. The van der Waals surface area contributed by atoms with E-state index in [0.717, 1.165) is 18.7 Å². The van der Waals surface area contributed by atoms with Gasteiger partial charge in [0, 0.05) is 19.2 Å². The van der Waals surface area contributed by atoms with Gasteiger partial charge in [-0.05, 0) is 25.5 Å². The highest BCUT2D eigenvalue weighted by Gasteiger charge is 2.23. The summed E-state index contributed by atoms with van der Waals surface area (Å²) in [4.78, 5) is 14.8. The van der Waals surface area contributed by atoms with Gasteiger partial charge in [-0.1, -0.05) is 6.07 Å². The van der Waals surface area contributed by atoms with Crippen LogP contribution in [0.15, 0.2) is 18.2 Å². The fourth-order valence-electron chi connectivity index (χ4n) is 1.93.